The largest absolute Gasteiger partial charge is 0.494 e. The van der Waals surface area contributed by atoms with E-state index in [4.69, 9.17) is 9.72 Å². The first-order valence-electron chi connectivity index (χ1n) is 11.9. The van der Waals surface area contributed by atoms with Crippen LogP contribution in [0, 0.1) is 0 Å². The standard InChI is InChI=1S/C26H34N4O2/c1-4-29(5-2)26(31)20-11-14-24-23(17-20)28-25(30(24)18-21-8-7-15-27-21)16-19-9-12-22(13-10-19)32-6-3/h9-14,17,21,27H,4-8,15-16,18H2,1-3H3/t21-/m1/s1. The van der Waals surface area contributed by atoms with Crippen LogP contribution in [0.4, 0.5) is 0 Å². The molecule has 2 aromatic carbocycles. The average molecular weight is 435 g/mol. The van der Waals surface area contributed by atoms with E-state index in [2.05, 4.69) is 28.1 Å². The lowest BCUT2D eigenvalue weighted by Crippen LogP contribution is -2.30. The lowest BCUT2D eigenvalue weighted by Gasteiger charge is -2.18. The summed E-state index contributed by atoms with van der Waals surface area (Å²) in [5.74, 6) is 1.99. The van der Waals surface area contributed by atoms with E-state index < -0.39 is 0 Å². The van der Waals surface area contributed by atoms with Crippen molar-refractivity contribution in [2.75, 3.05) is 26.2 Å². The van der Waals surface area contributed by atoms with Gasteiger partial charge in [0, 0.05) is 37.7 Å². The van der Waals surface area contributed by atoms with Gasteiger partial charge in [0.25, 0.3) is 5.91 Å². The summed E-state index contributed by atoms with van der Waals surface area (Å²) in [5, 5.41) is 3.61. The molecule has 1 aliphatic rings. The zero-order chi connectivity index (χ0) is 22.5. The third-order valence-electron chi connectivity index (χ3n) is 6.29. The molecular formula is C26H34N4O2. The van der Waals surface area contributed by atoms with Gasteiger partial charge in [0.05, 0.1) is 17.6 Å². The van der Waals surface area contributed by atoms with E-state index in [1.165, 1.54) is 18.4 Å². The second-order valence-corrected chi connectivity index (χ2v) is 8.37. The molecule has 1 saturated heterocycles. The summed E-state index contributed by atoms with van der Waals surface area (Å²) in [6.07, 6.45) is 3.14. The molecule has 1 atom stereocenters. The van der Waals surface area contributed by atoms with Gasteiger partial charge in [-0.15, -0.1) is 0 Å². The second-order valence-electron chi connectivity index (χ2n) is 8.37. The number of fused-ring (bicyclic) bond motifs is 1. The minimum atomic E-state index is 0.0666. The molecule has 0 spiro atoms. The van der Waals surface area contributed by atoms with E-state index in [1.54, 1.807) is 0 Å². The molecule has 0 bridgehead atoms. The summed E-state index contributed by atoms with van der Waals surface area (Å²) in [7, 11) is 0. The van der Waals surface area contributed by atoms with E-state index in [0.29, 0.717) is 31.3 Å². The van der Waals surface area contributed by atoms with Crippen molar-refractivity contribution in [1.29, 1.82) is 0 Å². The molecule has 1 aromatic heterocycles. The number of nitrogens with zero attached hydrogens (tertiary/aromatic N) is 3. The van der Waals surface area contributed by atoms with Gasteiger partial charge in [0.1, 0.15) is 11.6 Å². The summed E-state index contributed by atoms with van der Waals surface area (Å²) in [6, 6.07) is 14.7. The fourth-order valence-electron chi connectivity index (χ4n) is 4.53. The molecule has 0 unspecified atom stereocenters. The number of carbonyl (C=O) groups excluding carboxylic acids is 1. The molecule has 2 heterocycles. The van der Waals surface area contributed by atoms with Crippen LogP contribution in [-0.4, -0.2) is 52.6 Å². The first kappa shape index (κ1) is 22.3. The van der Waals surface area contributed by atoms with Gasteiger partial charge in [0.15, 0.2) is 0 Å². The SMILES string of the molecule is CCOc1ccc(Cc2nc3cc(C(=O)N(CC)CC)ccc3n2C[C@H]2CCCN2)cc1. The van der Waals surface area contributed by atoms with Crippen LogP contribution in [0.5, 0.6) is 5.75 Å². The Morgan fingerprint density at radius 2 is 1.94 bits per heavy atom. The molecule has 3 aromatic rings. The molecular weight excluding hydrogens is 400 g/mol. The number of nitrogens with one attached hydrogen (secondary N) is 1. The first-order chi connectivity index (χ1) is 15.6. The average Bonchev–Trinajstić information content (AvgIpc) is 3.44. The quantitative estimate of drug-likeness (QED) is 0.547. The van der Waals surface area contributed by atoms with Crippen molar-refractivity contribution in [3.8, 4) is 5.75 Å². The molecule has 170 valence electrons. The number of hydrogen-bond acceptors (Lipinski definition) is 4. The molecule has 4 rings (SSSR count). The van der Waals surface area contributed by atoms with Crippen molar-refractivity contribution < 1.29 is 9.53 Å². The van der Waals surface area contributed by atoms with Crippen LogP contribution < -0.4 is 10.1 Å². The Morgan fingerprint density at radius 1 is 1.16 bits per heavy atom. The third-order valence-corrected chi connectivity index (χ3v) is 6.29. The number of rotatable bonds is 9. The lowest BCUT2D eigenvalue weighted by atomic mass is 10.1. The highest BCUT2D eigenvalue weighted by Gasteiger charge is 2.20. The van der Waals surface area contributed by atoms with Gasteiger partial charge in [-0.3, -0.25) is 4.79 Å². The number of aromatic nitrogens is 2. The molecule has 1 fully saturated rings. The van der Waals surface area contributed by atoms with Gasteiger partial charge in [-0.05, 0) is 76.1 Å². The van der Waals surface area contributed by atoms with Gasteiger partial charge < -0.3 is 19.5 Å². The molecule has 0 aliphatic carbocycles. The lowest BCUT2D eigenvalue weighted by molar-refractivity contribution is 0.0773. The van der Waals surface area contributed by atoms with E-state index in [-0.39, 0.29) is 5.91 Å². The van der Waals surface area contributed by atoms with Crippen LogP contribution in [0.3, 0.4) is 0 Å². The number of ether oxygens (including phenoxy) is 1. The minimum Gasteiger partial charge on any atom is -0.494 e. The molecule has 32 heavy (non-hydrogen) atoms. The van der Waals surface area contributed by atoms with Crippen LogP contribution in [0.2, 0.25) is 0 Å². The molecule has 0 radical (unpaired) electrons. The van der Waals surface area contributed by atoms with Crippen molar-refractivity contribution >= 4 is 16.9 Å². The van der Waals surface area contributed by atoms with Crippen molar-refractivity contribution in [1.82, 2.24) is 19.8 Å². The normalized spacial score (nSPS) is 15.9. The number of amides is 1. The Labute approximate surface area is 190 Å². The monoisotopic (exact) mass is 434 g/mol. The van der Waals surface area contributed by atoms with Crippen molar-refractivity contribution in [3.05, 3.63) is 59.4 Å². The van der Waals surface area contributed by atoms with Crippen LogP contribution in [0.15, 0.2) is 42.5 Å². The summed E-state index contributed by atoms with van der Waals surface area (Å²) < 4.78 is 7.91. The summed E-state index contributed by atoms with van der Waals surface area (Å²) in [5.41, 5.74) is 3.89. The maximum absolute atomic E-state index is 12.9. The fourth-order valence-corrected chi connectivity index (χ4v) is 4.53. The smallest absolute Gasteiger partial charge is 0.253 e. The maximum atomic E-state index is 12.9. The van der Waals surface area contributed by atoms with E-state index in [1.807, 2.05) is 49.9 Å². The van der Waals surface area contributed by atoms with Crippen molar-refractivity contribution in [3.63, 3.8) is 0 Å². The van der Waals surface area contributed by atoms with Crippen LogP contribution in [0.1, 0.15) is 55.4 Å². The zero-order valence-corrected chi connectivity index (χ0v) is 19.4. The molecule has 1 aliphatic heterocycles. The fraction of sp³-hybridized carbons (Fsp3) is 0.462. The topological polar surface area (TPSA) is 59.4 Å². The summed E-state index contributed by atoms with van der Waals surface area (Å²) >= 11 is 0. The van der Waals surface area contributed by atoms with Gasteiger partial charge in [-0.1, -0.05) is 12.1 Å². The highest BCUT2D eigenvalue weighted by atomic mass is 16.5. The molecule has 0 saturated carbocycles. The van der Waals surface area contributed by atoms with Gasteiger partial charge in [0.2, 0.25) is 0 Å². The number of benzene rings is 2. The first-order valence-corrected chi connectivity index (χ1v) is 11.9. The van der Waals surface area contributed by atoms with Gasteiger partial charge in [-0.2, -0.15) is 0 Å². The zero-order valence-electron chi connectivity index (χ0n) is 19.4. The number of hydrogen-bond donors (Lipinski definition) is 1. The Bertz CT molecular complexity index is 1050. The predicted molar refractivity (Wildman–Crippen MR) is 128 cm³/mol. The highest BCUT2D eigenvalue weighted by molar-refractivity contribution is 5.97. The molecule has 1 amide bonds. The van der Waals surface area contributed by atoms with Crippen molar-refractivity contribution in [2.45, 2.75) is 52.6 Å². The predicted octanol–water partition coefficient (Wildman–Crippen LogP) is 4.26. The van der Waals surface area contributed by atoms with E-state index >= 15 is 0 Å². The van der Waals surface area contributed by atoms with E-state index in [9.17, 15) is 4.79 Å². The van der Waals surface area contributed by atoms with Crippen LogP contribution in [0.25, 0.3) is 11.0 Å². The summed E-state index contributed by atoms with van der Waals surface area (Å²) in [6.45, 7) is 10.1. The molecule has 6 heteroatoms. The van der Waals surface area contributed by atoms with Gasteiger partial charge in [-0.25, -0.2) is 4.98 Å². The minimum absolute atomic E-state index is 0.0666. The Hall–Kier alpha value is -2.86. The van der Waals surface area contributed by atoms with Gasteiger partial charge >= 0.3 is 0 Å². The second kappa shape index (κ2) is 10.2. The maximum Gasteiger partial charge on any atom is 0.253 e. The molecule has 1 N–H and O–H groups in total. The number of imidazole rings is 1. The van der Waals surface area contributed by atoms with Crippen LogP contribution in [-0.2, 0) is 13.0 Å². The Balaban J connectivity index is 1.67. The highest BCUT2D eigenvalue weighted by Crippen LogP contribution is 2.23. The van der Waals surface area contributed by atoms with Crippen LogP contribution >= 0.6 is 0 Å². The Morgan fingerprint density at radius 3 is 2.59 bits per heavy atom. The Kier molecular flexibility index (Phi) is 7.10. The van der Waals surface area contributed by atoms with E-state index in [0.717, 1.165) is 42.1 Å². The summed E-state index contributed by atoms with van der Waals surface area (Å²) in [4.78, 5) is 19.7. The molecule has 6 nitrogen and oxygen atoms in total. The number of carbonyl (C=O) groups is 1. The third kappa shape index (κ3) is 4.80. The van der Waals surface area contributed by atoms with Crippen molar-refractivity contribution in [2.24, 2.45) is 0 Å².